The summed E-state index contributed by atoms with van der Waals surface area (Å²) in [6.07, 6.45) is 3.26. The second-order valence-corrected chi connectivity index (χ2v) is 3.89. The van der Waals surface area contributed by atoms with E-state index in [-0.39, 0.29) is 5.91 Å². The van der Waals surface area contributed by atoms with Crippen molar-refractivity contribution in [2.24, 2.45) is 0 Å². The molecule has 6 nitrogen and oxygen atoms in total. The summed E-state index contributed by atoms with van der Waals surface area (Å²) >= 11 is 0. The van der Waals surface area contributed by atoms with Crippen molar-refractivity contribution in [3.8, 4) is 0 Å². The highest BCUT2D eigenvalue weighted by Gasteiger charge is 2.07. The molecule has 0 saturated carbocycles. The second kappa shape index (κ2) is 4.33. The number of fused-ring (bicyclic) bond motifs is 1. The Labute approximate surface area is 102 Å². The van der Waals surface area contributed by atoms with Crippen molar-refractivity contribution in [3.05, 3.63) is 48.2 Å². The lowest BCUT2D eigenvalue weighted by Gasteiger charge is -2.03. The van der Waals surface area contributed by atoms with Gasteiger partial charge in [-0.2, -0.15) is 5.10 Å². The normalized spacial score (nSPS) is 10.7. The summed E-state index contributed by atoms with van der Waals surface area (Å²) in [6, 6.07) is 7.46. The molecule has 0 aliphatic heterocycles. The maximum atomic E-state index is 11.9. The molecule has 1 aromatic carbocycles. The summed E-state index contributed by atoms with van der Waals surface area (Å²) < 4.78 is 0. The second-order valence-electron chi connectivity index (χ2n) is 3.89. The Morgan fingerprint density at radius 1 is 1.33 bits per heavy atom. The molecule has 3 aromatic rings. The molecule has 3 rings (SSSR count). The van der Waals surface area contributed by atoms with E-state index >= 15 is 0 Å². The topological polar surface area (TPSA) is 86.5 Å². The minimum Gasteiger partial charge on any atom is -0.361 e. The number of H-pyrrole nitrogens is 2. The van der Waals surface area contributed by atoms with Crippen molar-refractivity contribution in [1.82, 2.24) is 25.5 Å². The van der Waals surface area contributed by atoms with Crippen molar-refractivity contribution in [1.29, 1.82) is 0 Å². The number of aromatic amines is 2. The minimum absolute atomic E-state index is 0.130. The van der Waals surface area contributed by atoms with Crippen molar-refractivity contribution in [2.75, 3.05) is 0 Å². The number of carbonyl (C=O) groups is 1. The first-order valence-corrected chi connectivity index (χ1v) is 5.52. The van der Waals surface area contributed by atoms with Gasteiger partial charge in [0.05, 0.1) is 6.54 Å². The van der Waals surface area contributed by atoms with Gasteiger partial charge in [-0.05, 0) is 24.3 Å². The Bertz CT molecular complexity index is 671. The van der Waals surface area contributed by atoms with Crippen LogP contribution in [0.5, 0.6) is 0 Å². The maximum Gasteiger partial charge on any atom is 0.251 e. The number of aromatic nitrogens is 4. The highest BCUT2D eigenvalue weighted by Crippen LogP contribution is 2.14. The van der Waals surface area contributed by atoms with Crippen molar-refractivity contribution < 1.29 is 4.79 Å². The van der Waals surface area contributed by atoms with Crippen LogP contribution in [0.1, 0.15) is 16.2 Å². The molecule has 0 radical (unpaired) electrons. The van der Waals surface area contributed by atoms with Crippen LogP contribution in [0.3, 0.4) is 0 Å². The third-order valence-electron chi connectivity index (χ3n) is 2.70. The average molecular weight is 241 g/mol. The van der Waals surface area contributed by atoms with Crippen molar-refractivity contribution in [2.45, 2.75) is 6.54 Å². The summed E-state index contributed by atoms with van der Waals surface area (Å²) in [5, 5.41) is 10.2. The summed E-state index contributed by atoms with van der Waals surface area (Å²) in [5.74, 6) is 0.501. The highest BCUT2D eigenvalue weighted by atomic mass is 16.1. The summed E-state index contributed by atoms with van der Waals surface area (Å²) in [7, 11) is 0. The van der Waals surface area contributed by atoms with Gasteiger partial charge in [-0.3, -0.25) is 9.89 Å². The van der Waals surface area contributed by atoms with Crippen LogP contribution in [-0.2, 0) is 6.54 Å². The zero-order valence-corrected chi connectivity index (χ0v) is 9.47. The molecule has 0 aliphatic rings. The van der Waals surface area contributed by atoms with Gasteiger partial charge >= 0.3 is 0 Å². The van der Waals surface area contributed by atoms with E-state index in [9.17, 15) is 4.79 Å². The van der Waals surface area contributed by atoms with Crippen molar-refractivity contribution in [3.63, 3.8) is 0 Å². The average Bonchev–Trinajstić information content (AvgIpc) is 3.05. The van der Waals surface area contributed by atoms with Gasteiger partial charge in [0.15, 0.2) is 0 Å². The van der Waals surface area contributed by atoms with Gasteiger partial charge in [-0.15, -0.1) is 0 Å². The summed E-state index contributed by atoms with van der Waals surface area (Å²) in [6.45, 7) is 0.337. The fourth-order valence-electron chi connectivity index (χ4n) is 1.78. The zero-order chi connectivity index (χ0) is 12.4. The van der Waals surface area contributed by atoms with E-state index in [1.54, 1.807) is 6.07 Å². The Morgan fingerprint density at radius 3 is 3.11 bits per heavy atom. The quantitative estimate of drug-likeness (QED) is 0.644. The van der Waals surface area contributed by atoms with Gasteiger partial charge in [-0.25, -0.2) is 4.98 Å². The third-order valence-corrected chi connectivity index (χ3v) is 2.70. The number of rotatable bonds is 3. The maximum absolute atomic E-state index is 11.9. The number of nitrogens with one attached hydrogen (secondary N) is 3. The Hall–Kier alpha value is -2.63. The predicted molar refractivity (Wildman–Crippen MR) is 65.9 cm³/mol. The fourth-order valence-corrected chi connectivity index (χ4v) is 1.78. The Morgan fingerprint density at radius 2 is 2.28 bits per heavy atom. The first-order valence-electron chi connectivity index (χ1n) is 5.52. The molecule has 2 heterocycles. The van der Waals surface area contributed by atoms with E-state index in [1.807, 2.05) is 24.4 Å². The van der Waals surface area contributed by atoms with E-state index in [1.165, 1.54) is 6.33 Å². The van der Waals surface area contributed by atoms with E-state index in [2.05, 4.69) is 25.5 Å². The largest absolute Gasteiger partial charge is 0.361 e. The highest BCUT2D eigenvalue weighted by molar-refractivity contribution is 5.97. The van der Waals surface area contributed by atoms with Crippen LogP contribution in [-0.4, -0.2) is 26.1 Å². The molecule has 90 valence electrons. The molecule has 0 spiro atoms. The monoisotopic (exact) mass is 241 g/mol. The standard InChI is InChI=1S/C12H11N5O/c18-12(14-6-11-15-7-16-17-11)9-1-2-10-8(5-9)3-4-13-10/h1-5,7,13H,6H2,(H,14,18)(H,15,16,17). The zero-order valence-electron chi connectivity index (χ0n) is 9.47. The Balaban J connectivity index is 1.75. The SMILES string of the molecule is O=C(NCc1ncn[nH]1)c1ccc2[nH]ccc2c1. The molecular formula is C12H11N5O. The number of carbonyl (C=O) groups excluding carboxylic acids is 1. The number of nitrogens with zero attached hydrogens (tertiary/aromatic N) is 2. The molecule has 3 N–H and O–H groups in total. The van der Waals surface area contributed by atoms with Gasteiger partial charge in [0, 0.05) is 22.7 Å². The lowest BCUT2D eigenvalue weighted by atomic mass is 10.1. The van der Waals surface area contributed by atoms with E-state index in [4.69, 9.17) is 0 Å². The van der Waals surface area contributed by atoms with Crippen LogP contribution >= 0.6 is 0 Å². The van der Waals surface area contributed by atoms with Crippen LogP contribution < -0.4 is 5.32 Å². The molecule has 0 aliphatic carbocycles. The van der Waals surface area contributed by atoms with E-state index < -0.39 is 0 Å². The fraction of sp³-hybridized carbons (Fsp3) is 0.0833. The molecule has 6 heteroatoms. The first kappa shape index (κ1) is 10.5. The van der Waals surface area contributed by atoms with Crippen LogP contribution in [0, 0.1) is 0 Å². The molecule has 0 bridgehead atoms. The number of amides is 1. The van der Waals surface area contributed by atoms with Crippen molar-refractivity contribution >= 4 is 16.8 Å². The number of hydrogen-bond acceptors (Lipinski definition) is 3. The lowest BCUT2D eigenvalue weighted by Crippen LogP contribution is -2.23. The summed E-state index contributed by atoms with van der Waals surface area (Å²) in [4.78, 5) is 18.9. The van der Waals surface area contributed by atoms with Gasteiger partial charge in [0.2, 0.25) is 0 Å². The Kier molecular flexibility index (Phi) is 2.53. The molecule has 18 heavy (non-hydrogen) atoms. The third kappa shape index (κ3) is 1.95. The van der Waals surface area contributed by atoms with E-state index in [0.29, 0.717) is 17.9 Å². The molecule has 2 aromatic heterocycles. The number of hydrogen-bond donors (Lipinski definition) is 3. The molecule has 0 unspecified atom stereocenters. The number of benzene rings is 1. The van der Waals surface area contributed by atoms with Gasteiger partial charge < -0.3 is 10.3 Å². The molecular weight excluding hydrogens is 230 g/mol. The van der Waals surface area contributed by atoms with Crippen LogP contribution in [0.25, 0.3) is 10.9 Å². The molecule has 0 fully saturated rings. The summed E-state index contributed by atoms with van der Waals surface area (Å²) in [5.41, 5.74) is 1.64. The molecule has 0 saturated heterocycles. The molecule has 1 amide bonds. The smallest absolute Gasteiger partial charge is 0.251 e. The van der Waals surface area contributed by atoms with Crippen LogP contribution in [0.4, 0.5) is 0 Å². The lowest BCUT2D eigenvalue weighted by molar-refractivity contribution is 0.0950. The van der Waals surface area contributed by atoms with E-state index in [0.717, 1.165) is 10.9 Å². The van der Waals surface area contributed by atoms with Gasteiger partial charge in [-0.1, -0.05) is 0 Å². The van der Waals surface area contributed by atoms with Crippen LogP contribution in [0.2, 0.25) is 0 Å². The first-order chi connectivity index (χ1) is 8.83. The molecule has 0 atom stereocenters. The predicted octanol–water partition coefficient (Wildman–Crippen LogP) is 1.22. The van der Waals surface area contributed by atoms with Gasteiger partial charge in [0.25, 0.3) is 5.91 Å². The van der Waals surface area contributed by atoms with Gasteiger partial charge in [0.1, 0.15) is 12.2 Å². The van der Waals surface area contributed by atoms with Crippen LogP contribution in [0.15, 0.2) is 36.8 Å². The minimum atomic E-state index is -0.130.